The third-order valence-electron chi connectivity index (χ3n) is 7.48. The van der Waals surface area contributed by atoms with Gasteiger partial charge in [0.2, 0.25) is 23.9 Å². The van der Waals surface area contributed by atoms with E-state index < -0.39 is 0 Å². The molecule has 0 unspecified atom stereocenters. The van der Waals surface area contributed by atoms with Crippen molar-refractivity contribution in [3.63, 3.8) is 0 Å². The third-order valence-corrected chi connectivity index (χ3v) is 7.65. The molecule has 4 bridgehead atoms. The van der Waals surface area contributed by atoms with E-state index in [4.69, 9.17) is 25.5 Å². The van der Waals surface area contributed by atoms with Crippen molar-refractivity contribution in [2.24, 2.45) is 11.8 Å². The van der Waals surface area contributed by atoms with Crippen LogP contribution in [0.4, 0.5) is 0 Å². The highest BCUT2D eigenvalue weighted by molar-refractivity contribution is 6.28. The zero-order chi connectivity index (χ0) is 19.9. The molecule has 4 fully saturated rings. The normalized spacial score (nSPS) is 33.4. The third kappa shape index (κ3) is 2.34. The van der Waals surface area contributed by atoms with E-state index in [0.29, 0.717) is 28.8 Å². The minimum atomic E-state index is -0.107. The van der Waals surface area contributed by atoms with Gasteiger partial charge in [0.25, 0.3) is 0 Å². The summed E-state index contributed by atoms with van der Waals surface area (Å²) in [6, 6.07) is 5.72. The molecule has 30 heavy (non-hydrogen) atoms. The fraction of sp³-hybridized carbons (Fsp3) is 0.524. The Balaban J connectivity index is 1.27. The van der Waals surface area contributed by atoms with Gasteiger partial charge in [0.1, 0.15) is 6.33 Å². The number of nitrogens with zero attached hydrogens (tertiary/aromatic N) is 5. The van der Waals surface area contributed by atoms with Gasteiger partial charge < -0.3 is 13.9 Å². The Bertz CT molecular complexity index is 1140. The van der Waals surface area contributed by atoms with Crippen LogP contribution in [0.5, 0.6) is 11.5 Å². The Kier molecular flexibility index (Phi) is 3.28. The highest BCUT2D eigenvalue weighted by Gasteiger charge is 2.61. The van der Waals surface area contributed by atoms with Crippen molar-refractivity contribution in [3.8, 4) is 23.0 Å². The summed E-state index contributed by atoms with van der Waals surface area (Å²) in [5.41, 5.74) is 0.683. The van der Waals surface area contributed by atoms with Crippen LogP contribution in [0.15, 0.2) is 28.9 Å². The van der Waals surface area contributed by atoms with Crippen molar-refractivity contribution in [2.45, 2.75) is 49.5 Å². The maximum atomic E-state index is 6.31. The maximum absolute atomic E-state index is 6.31. The number of fused-ring (bicyclic) bond motifs is 1. The zero-order valence-corrected chi connectivity index (χ0v) is 17.0. The number of halogens is 1. The average molecular weight is 426 g/mol. The van der Waals surface area contributed by atoms with Crippen molar-refractivity contribution >= 4 is 11.6 Å². The molecule has 1 aromatic carbocycles. The van der Waals surface area contributed by atoms with Gasteiger partial charge in [-0.3, -0.25) is 0 Å². The molecule has 0 N–H and O–H groups in total. The topological polar surface area (TPSA) is 88.1 Å². The lowest BCUT2D eigenvalue weighted by Crippen LogP contribution is -2.58. The van der Waals surface area contributed by atoms with Gasteiger partial charge in [0.05, 0.1) is 11.0 Å². The Morgan fingerprint density at radius 2 is 1.87 bits per heavy atom. The molecule has 9 heteroatoms. The quantitative estimate of drug-likeness (QED) is 0.627. The van der Waals surface area contributed by atoms with Crippen LogP contribution in [0, 0.1) is 11.8 Å². The molecule has 3 aromatic rings. The fourth-order valence-electron chi connectivity index (χ4n) is 6.79. The molecule has 8 rings (SSSR count). The molecule has 0 saturated heterocycles. The first-order chi connectivity index (χ1) is 14.6. The van der Waals surface area contributed by atoms with Gasteiger partial charge in [-0.05, 0) is 80.2 Å². The minimum absolute atomic E-state index is 0.0579. The first-order valence-corrected chi connectivity index (χ1v) is 10.8. The van der Waals surface area contributed by atoms with E-state index >= 15 is 0 Å². The van der Waals surface area contributed by atoms with Crippen molar-refractivity contribution < 1.29 is 13.9 Å². The molecule has 0 amide bonds. The second-order valence-corrected chi connectivity index (χ2v) is 9.74. The Hall–Kier alpha value is -2.61. The molecule has 4 saturated carbocycles. The van der Waals surface area contributed by atoms with Gasteiger partial charge in [-0.15, -0.1) is 15.3 Å². The van der Waals surface area contributed by atoms with Crippen molar-refractivity contribution in [2.75, 3.05) is 6.79 Å². The average Bonchev–Trinajstić information content (AvgIpc) is 3.47. The lowest BCUT2D eigenvalue weighted by Gasteiger charge is -2.60. The fourth-order valence-corrected chi connectivity index (χ4v) is 6.91. The van der Waals surface area contributed by atoms with Crippen LogP contribution < -0.4 is 9.47 Å². The summed E-state index contributed by atoms with van der Waals surface area (Å²) < 4.78 is 19.2. The highest BCUT2D eigenvalue weighted by atomic mass is 35.5. The molecule has 2 aromatic heterocycles. The van der Waals surface area contributed by atoms with E-state index in [2.05, 4.69) is 20.3 Å². The monoisotopic (exact) mass is 425 g/mol. The number of aromatic nitrogens is 5. The van der Waals surface area contributed by atoms with E-state index in [1.54, 1.807) is 6.33 Å². The smallest absolute Gasteiger partial charge is 0.247 e. The molecule has 0 spiro atoms. The molecule has 154 valence electrons. The van der Waals surface area contributed by atoms with Crippen molar-refractivity contribution in [3.05, 3.63) is 35.7 Å². The van der Waals surface area contributed by atoms with E-state index in [1.165, 1.54) is 6.42 Å². The second kappa shape index (κ2) is 5.75. The van der Waals surface area contributed by atoms with Crippen LogP contribution in [-0.4, -0.2) is 31.8 Å². The van der Waals surface area contributed by atoms with Gasteiger partial charge in [-0.25, -0.2) is 9.67 Å². The predicted molar refractivity (Wildman–Crippen MR) is 105 cm³/mol. The van der Waals surface area contributed by atoms with E-state index in [-0.39, 0.29) is 17.7 Å². The van der Waals surface area contributed by atoms with Crippen LogP contribution in [0.2, 0.25) is 5.28 Å². The lowest BCUT2D eigenvalue weighted by molar-refractivity contribution is -0.0772. The summed E-state index contributed by atoms with van der Waals surface area (Å²) in [6.07, 6.45) is 8.43. The highest BCUT2D eigenvalue weighted by Crippen LogP contribution is 2.64. The van der Waals surface area contributed by atoms with Gasteiger partial charge in [-0.1, -0.05) is 0 Å². The van der Waals surface area contributed by atoms with Crippen LogP contribution >= 0.6 is 11.6 Å². The van der Waals surface area contributed by atoms with E-state index in [1.807, 2.05) is 22.9 Å². The Morgan fingerprint density at radius 1 is 1.03 bits per heavy atom. The number of hydrogen-bond acceptors (Lipinski definition) is 7. The van der Waals surface area contributed by atoms with Crippen LogP contribution in [0.3, 0.4) is 0 Å². The maximum Gasteiger partial charge on any atom is 0.247 e. The molecule has 2 atom stereocenters. The Morgan fingerprint density at radius 3 is 2.67 bits per heavy atom. The summed E-state index contributed by atoms with van der Waals surface area (Å²) in [4.78, 5) is 4.19. The predicted octanol–water partition coefficient (Wildman–Crippen LogP) is 3.96. The van der Waals surface area contributed by atoms with E-state index in [9.17, 15) is 0 Å². The molecule has 1 aliphatic heterocycles. The summed E-state index contributed by atoms with van der Waals surface area (Å²) in [7, 11) is 0. The van der Waals surface area contributed by atoms with Gasteiger partial charge in [0, 0.05) is 5.56 Å². The standard InChI is InChI=1S/C21H20ClN5O3/c22-19-23-10-27(26-19)21-7-12-3-13(8-21)6-20(5-12,9-21)18-25-24-17(30-18)14-1-2-15-16(4-14)29-11-28-15/h1-2,4,10,12-13H,3,5-9,11H2/t12-,13-,20?,21?/m0/s1. The van der Waals surface area contributed by atoms with Crippen LogP contribution in [-0.2, 0) is 11.0 Å². The Labute approximate surface area is 177 Å². The minimum Gasteiger partial charge on any atom is -0.454 e. The summed E-state index contributed by atoms with van der Waals surface area (Å²) in [6.45, 7) is 0.244. The number of rotatable bonds is 3. The van der Waals surface area contributed by atoms with Crippen molar-refractivity contribution in [1.29, 1.82) is 0 Å². The van der Waals surface area contributed by atoms with Crippen molar-refractivity contribution in [1.82, 2.24) is 25.0 Å². The van der Waals surface area contributed by atoms with Gasteiger partial charge in [0.15, 0.2) is 11.5 Å². The molecule has 3 heterocycles. The largest absolute Gasteiger partial charge is 0.454 e. The molecule has 0 radical (unpaired) electrons. The summed E-state index contributed by atoms with van der Waals surface area (Å²) in [5.74, 6) is 4.00. The molecular weight excluding hydrogens is 406 g/mol. The van der Waals surface area contributed by atoms with Crippen LogP contribution in [0.25, 0.3) is 11.5 Å². The number of ether oxygens (including phenoxy) is 2. The molecular formula is C21H20ClN5O3. The number of benzene rings is 1. The summed E-state index contributed by atoms with van der Waals surface area (Å²) in [5, 5.41) is 13.7. The SMILES string of the molecule is Clc1ncn(C23C[C@H]4C[C@@H](CC(c5nnc(-c6ccc7c(c6)OCO7)o5)(C4)C2)C3)n1. The summed E-state index contributed by atoms with van der Waals surface area (Å²) >= 11 is 6.06. The first kappa shape index (κ1) is 17.1. The first-order valence-electron chi connectivity index (χ1n) is 10.4. The lowest BCUT2D eigenvalue weighted by atomic mass is 9.47. The van der Waals surface area contributed by atoms with Crippen LogP contribution in [0.1, 0.15) is 44.4 Å². The van der Waals surface area contributed by atoms with Gasteiger partial charge in [-0.2, -0.15) is 0 Å². The molecule has 5 aliphatic rings. The van der Waals surface area contributed by atoms with E-state index in [0.717, 1.165) is 49.3 Å². The number of hydrogen-bond donors (Lipinski definition) is 0. The molecule has 4 aliphatic carbocycles. The zero-order valence-electron chi connectivity index (χ0n) is 16.3. The molecule has 8 nitrogen and oxygen atoms in total. The second-order valence-electron chi connectivity index (χ2n) is 9.40. The van der Waals surface area contributed by atoms with Gasteiger partial charge >= 0.3 is 0 Å².